The summed E-state index contributed by atoms with van der Waals surface area (Å²) >= 11 is 3.54. The first kappa shape index (κ1) is 27.4. The SMILES string of the molecule is COc1cccc([C@H]2N3[C@H](C(=O)O[C@H](c4ccccc4)[C@@H]3c3ccccc3)[C@@H](C(=O)O)[C@]23C(=O)Nc2ccc(Br)cc23)c1. The Labute approximate surface area is 256 Å². The van der Waals surface area contributed by atoms with Gasteiger partial charge in [-0.3, -0.25) is 19.3 Å². The van der Waals surface area contributed by atoms with Gasteiger partial charge in [0.05, 0.1) is 19.2 Å². The van der Waals surface area contributed by atoms with Crippen LogP contribution in [0.1, 0.15) is 40.4 Å². The Morgan fingerprint density at radius 1 is 0.884 bits per heavy atom. The maximum absolute atomic E-state index is 14.5. The van der Waals surface area contributed by atoms with E-state index in [9.17, 15) is 19.5 Å². The smallest absolute Gasteiger partial charge is 0.325 e. The molecule has 0 radical (unpaired) electrons. The molecule has 6 atom stereocenters. The van der Waals surface area contributed by atoms with Crippen molar-refractivity contribution in [3.63, 3.8) is 0 Å². The van der Waals surface area contributed by atoms with E-state index in [4.69, 9.17) is 9.47 Å². The summed E-state index contributed by atoms with van der Waals surface area (Å²) in [4.78, 5) is 44.0. The van der Waals surface area contributed by atoms with Crippen LogP contribution in [0.5, 0.6) is 5.75 Å². The molecule has 0 aromatic heterocycles. The van der Waals surface area contributed by atoms with Crippen LogP contribution in [0, 0.1) is 5.92 Å². The Hall–Kier alpha value is -4.47. The molecular weight excluding hydrogens is 612 g/mol. The van der Waals surface area contributed by atoms with Crippen molar-refractivity contribution in [3.8, 4) is 5.75 Å². The highest BCUT2D eigenvalue weighted by Crippen LogP contribution is 2.65. The first-order chi connectivity index (χ1) is 20.9. The lowest BCUT2D eigenvalue weighted by molar-refractivity contribution is -0.179. The summed E-state index contributed by atoms with van der Waals surface area (Å²) in [6, 6.07) is 28.9. The van der Waals surface area contributed by atoms with Crippen molar-refractivity contribution in [2.24, 2.45) is 5.92 Å². The van der Waals surface area contributed by atoms with Gasteiger partial charge in [-0.15, -0.1) is 0 Å². The maximum Gasteiger partial charge on any atom is 0.325 e. The van der Waals surface area contributed by atoms with E-state index >= 15 is 0 Å². The molecule has 0 saturated carbocycles. The molecule has 1 amide bonds. The predicted octanol–water partition coefficient (Wildman–Crippen LogP) is 5.81. The second-order valence-corrected chi connectivity index (χ2v) is 11.9. The van der Waals surface area contributed by atoms with Crippen molar-refractivity contribution >= 4 is 39.5 Å². The molecule has 0 bridgehead atoms. The first-order valence-corrected chi connectivity index (χ1v) is 14.7. The van der Waals surface area contributed by atoms with Gasteiger partial charge in [0, 0.05) is 10.2 Å². The van der Waals surface area contributed by atoms with E-state index in [2.05, 4.69) is 21.2 Å². The highest BCUT2D eigenvalue weighted by molar-refractivity contribution is 9.10. The van der Waals surface area contributed by atoms with Crippen LogP contribution in [0.4, 0.5) is 5.69 Å². The fraction of sp³-hybridized carbons (Fsp3) is 0.206. The van der Waals surface area contributed by atoms with Gasteiger partial charge in [0.1, 0.15) is 29.2 Å². The standard InChI is InChI=1S/C34H27BrN2O6/c1-42-23-14-8-13-21(17-23)30-34(24-18-22(35)15-16-25(24)36-33(34)41)26(31(38)39)28-32(40)43-29(20-11-6-3-7-12-20)27(37(28)30)19-9-4-2-5-10-19/h2-18,26-30H,1H3,(H,36,41)(H,38,39)/t26-,27-,28-,29+,30+,34-/m0/s1. The van der Waals surface area contributed by atoms with Gasteiger partial charge < -0.3 is 19.9 Å². The number of halogens is 1. The molecule has 4 aromatic rings. The summed E-state index contributed by atoms with van der Waals surface area (Å²) in [5.74, 6) is -3.34. The van der Waals surface area contributed by atoms with Crippen LogP contribution >= 0.6 is 15.9 Å². The number of carbonyl (C=O) groups excluding carboxylic acids is 2. The van der Waals surface area contributed by atoms with E-state index < -0.39 is 53.4 Å². The molecule has 2 fully saturated rings. The van der Waals surface area contributed by atoms with Crippen molar-refractivity contribution in [1.29, 1.82) is 0 Å². The minimum absolute atomic E-state index is 0.480. The third kappa shape index (κ3) is 4.02. The fourth-order valence-electron chi connectivity index (χ4n) is 7.36. The topological polar surface area (TPSA) is 105 Å². The van der Waals surface area contributed by atoms with Gasteiger partial charge in [-0.1, -0.05) is 88.7 Å². The molecule has 0 unspecified atom stereocenters. The van der Waals surface area contributed by atoms with E-state index in [1.165, 1.54) is 0 Å². The Balaban J connectivity index is 1.58. The number of carboxylic acid groups (broad SMARTS) is 1. The molecule has 216 valence electrons. The molecule has 7 rings (SSSR count). The number of benzene rings is 4. The summed E-state index contributed by atoms with van der Waals surface area (Å²) in [5, 5.41) is 13.9. The largest absolute Gasteiger partial charge is 0.497 e. The minimum Gasteiger partial charge on any atom is -0.497 e. The lowest BCUT2D eigenvalue weighted by Gasteiger charge is -2.46. The van der Waals surface area contributed by atoms with Crippen LogP contribution in [-0.2, 0) is 24.5 Å². The number of rotatable bonds is 5. The van der Waals surface area contributed by atoms with Gasteiger partial charge in [-0.25, -0.2) is 0 Å². The van der Waals surface area contributed by atoms with Crippen molar-refractivity contribution in [3.05, 3.63) is 130 Å². The average molecular weight is 640 g/mol. The zero-order valence-electron chi connectivity index (χ0n) is 23.0. The summed E-state index contributed by atoms with van der Waals surface area (Å²) in [5.41, 5.74) is 1.59. The predicted molar refractivity (Wildman–Crippen MR) is 161 cm³/mol. The zero-order valence-corrected chi connectivity index (χ0v) is 24.6. The minimum atomic E-state index is -1.68. The molecule has 3 aliphatic rings. The highest BCUT2D eigenvalue weighted by Gasteiger charge is 2.74. The fourth-order valence-corrected chi connectivity index (χ4v) is 7.72. The number of carbonyl (C=O) groups is 3. The molecule has 4 aromatic carbocycles. The van der Waals surface area contributed by atoms with E-state index in [-0.39, 0.29) is 0 Å². The molecular formula is C34H27BrN2O6. The Kier molecular flexibility index (Phi) is 6.59. The molecule has 2 saturated heterocycles. The third-order valence-corrected chi connectivity index (χ3v) is 9.44. The lowest BCUT2D eigenvalue weighted by atomic mass is 9.65. The molecule has 43 heavy (non-hydrogen) atoms. The quantitative estimate of drug-likeness (QED) is 0.266. The van der Waals surface area contributed by atoms with Crippen LogP contribution in [0.15, 0.2) is 108 Å². The molecule has 0 aliphatic carbocycles. The van der Waals surface area contributed by atoms with Gasteiger partial charge in [0.2, 0.25) is 5.91 Å². The number of cyclic esters (lactones) is 1. The molecule has 3 heterocycles. The second-order valence-electron chi connectivity index (χ2n) is 11.0. The molecule has 8 nitrogen and oxygen atoms in total. The number of anilines is 1. The van der Waals surface area contributed by atoms with Gasteiger partial charge in [-0.05, 0) is 52.6 Å². The first-order valence-electron chi connectivity index (χ1n) is 13.9. The summed E-state index contributed by atoms with van der Waals surface area (Å²) in [6.07, 6.45) is -0.767. The molecule has 9 heteroatoms. The number of aliphatic carboxylic acids is 1. The molecule has 1 spiro atoms. The number of amides is 1. The van der Waals surface area contributed by atoms with Gasteiger partial charge in [-0.2, -0.15) is 0 Å². The average Bonchev–Trinajstić information content (AvgIpc) is 3.50. The zero-order chi connectivity index (χ0) is 29.9. The number of carboxylic acids is 1. The summed E-state index contributed by atoms with van der Waals surface area (Å²) in [7, 11) is 1.55. The number of methoxy groups -OCH3 is 1. The van der Waals surface area contributed by atoms with Crippen molar-refractivity contribution < 1.29 is 29.0 Å². The van der Waals surface area contributed by atoms with Gasteiger partial charge in [0.15, 0.2) is 0 Å². The number of hydrogen-bond acceptors (Lipinski definition) is 6. The summed E-state index contributed by atoms with van der Waals surface area (Å²) < 4.78 is 12.5. The van der Waals surface area contributed by atoms with Crippen molar-refractivity contribution in [2.75, 3.05) is 12.4 Å². The van der Waals surface area contributed by atoms with Crippen molar-refractivity contribution in [1.82, 2.24) is 4.90 Å². The van der Waals surface area contributed by atoms with E-state index in [1.54, 1.807) is 31.4 Å². The Morgan fingerprint density at radius 2 is 1.56 bits per heavy atom. The van der Waals surface area contributed by atoms with Crippen LogP contribution < -0.4 is 10.1 Å². The van der Waals surface area contributed by atoms with E-state index in [1.807, 2.05) is 83.8 Å². The number of morpholine rings is 1. The summed E-state index contributed by atoms with van der Waals surface area (Å²) in [6.45, 7) is 0. The molecule has 3 aliphatic heterocycles. The Bertz CT molecular complexity index is 1750. The number of fused-ring (bicyclic) bond motifs is 3. The Morgan fingerprint density at radius 3 is 2.23 bits per heavy atom. The number of ether oxygens (including phenoxy) is 2. The van der Waals surface area contributed by atoms with Crippen LogP contribution in [0.2, 0.25) is 0 Å². The van der Waals surface area contributed by atoms with Gasteiger partial charge >= 0.3 is 11.9 Å². The number of nitrogens with one attached hydrogen (secondary N) is 1. The lowest BCUT2D eigenvalue weighted by Crippen LogP contribution is -2.52. The monoisotopic (exact) mass is 638 g/mol. The highest BCUT2D eigenvalue weighted by atomic mass is 79.9. The number of nitrogens with zero attached hydrogens (tertiary/aromatic N) is 1. The van der Waals surface area contributed by atoms with Crippen molar-refractivity contribution in [2.45, 2.75) is 29.6 Å². The number of esters is 1. The number of hydrogen-bond donors (Lipinski definition) is 2. The van der Waals surface area contributed by atoms with Gasteiger partial charge in [0.25, 0.3) is 0 Å². The molecule has 2 N–H and O–H groups in total. The third-order valence-electron chi connectivity index (χ3n) is 8.95. The van der Waals surface area contributed by atoms with E-state index in [0.29, 0.717) is 27.0 Å². The van der Waals surface area contributed by atoms with E-state index in [0.717, 1.165) is 11.1 Å². The van der Waals surface area contributed by atoms with Crippen LogP contribution in [0.3, 0.4) is 0 Å². The normalized spacial score (nSPS) is 27.7. The van der Waals surface area contributed by atoms with Crippen LogP contribution in [-0.4, -0.2) is 41.0 Å². The second kappa shape index (κ2) is 10.4. The maximum atomic E-state index is 14.5. The van der Waals surface area contributed by atoms with Crippen LogP contribution in [0.25, 0.3) is 0 Å².